The van der Waals surface area contributed by atoms with Crippen molar-refractivity contribution in [3.05, 3.63) is 30.1 Å². The molecule has 4 N–H and O–H groups in total. The normalized spacial score (nSPS) is 18.6. The van der Waals surface area contributed by atoms with Crippen molar-refractivity contribution in [2.75, 3.05) is 39.3 Å². The van der Waals surface area contributed by atoms with Crippen LogP contribution in [0.5, 0.6) is 5.75 Å². The average molecular weight is 422 g/mol. The Kier molecular flexibility index (Phi) is 10.4. The van der Waals surface area contributed by atoms with E-state index in [0.29, 0.717) is 12.3 Å². The maximum absolute atomic E-state index is 13.4. The Morgan fingerprint density at radius 1 is 1.40 bits per heavy atom. The molecule has 0 radical (unpaired) electrons. The average Bonchev–Trinajstić information content (AvgIpc) is 2.74. The van der Waals surface area contributed by atoms with Crippen LogP contribution in [0.2, 0.25) is 0 Å². The van der Waals surface area contributed by atoms with Gasteiger partial charge in [0.2, 0.25) is 5.91 Å². The summed E-state index contributed by atoms with van der Waals surface area (Å²) in [5, 5.41) is 6.60. The maximum atomic E-state index is 13.4. The number of guanidine groups is 1. The summed E-state index contributed by atoms with van der Waals surface area (Å²) in [5.41, 5.74) is 5.45. The van der Waals surface area contributed by atoms with E-state index in [0.717, 1.165) is 64.4 Å². The van der Waals surface area contributed by atoms with Crippen LogP contribution in [0.15, 0.2) is 29.3 Å². The van der Waals surface area contributed by atoms with E-state index in [4.69, 9.17) is 10.5 Å². The van der Waals surface area contributed by atoms with Crippen molar-refractivity contribution in [2.45, 2.75) is 45.6 Å². The molecule has 1 amide bonds. The van der Waals surface area contributed by atoms with Gasteiger partial charge >= 0.3 is 0 Å². The Bertz CT molecular complexity index is 685. The first kappa shape index (κ1) is 23.9. The van der Waals surface area contributed by atoms with Crippen molar-refractivity contribution >= 4 is 11.9 Å². The molecular weight excluding hydrogens is 385 g/mol. The third-order valence-electron chi connectivity index (χ3n) is 5.20. The summed E-state index contributed by atoms with van der Waals surface area (Å²) in [6, 6.07) is 6.18. The third kappa shape index (κ3) is 8.57. The Morgan fingerprint density at radius 3 is 2.93 bits per heavy atom. The lowest BCUT2D eigenvalue weighted by atomic mass is 9.97. The number of nitrogens with one attached hydrogen (secondary N) is 2. The molecule has 7 nitrogen and oxygen atoms in total. The molecule has 1 fully saturated rings. The van der Waals surface area contributed by atoms with Crippen molar-refractivity contribution in [1.29, 1.82) is 0 Å². The second-order valence-corrected chi connectivity index (χ2v) is 7.65. The first-order valence-electron chi connectivity index (χ1n) is 11.0. The summed E-state index contributed by atoms with van der Waals surface area (Å²) in [4.78, 5) is 18.3. The SMILES string of the molecule is CCNC(=NCC(CC)Oc1cccc(F)c1)NCCCN1CCCC(C(N)=O)C1. The molecule has 2 unspecified atom stereocenters. The zero-order valence-electron chi connectivity index (χ0n) is 18.2. The maximum Gasteiger partial charge on any atom is 0.221 e. The molecule has 0 spiro atoms. The number of rotatable bonds is 11. The number of carbonyl (C=O) groups is 1. The second kappa shape index (κ2) is 13.1. The number of carbonyl (C=O) groups excluding carboxylic acids is 1. The van der Waals surface area contributed by atoms with Crippen LogP contribution >= 0.6 is 0 Å². The summed E-state index contributed by atoms with van der Waals surface area (Å²) in [6.07, 6.45) is 3.52. The lowest BCUT2D eigenvalue weighted by Gasteiger charge is -2.31. The van der Waals surface area contributed by atoms with E-state index < -0.39 is 0 Å². The number of nitrogens with two attached hydrogens (primary N) is 1. The van der Waals surface area contributed by atoms with Gasteiger partial charge in [0.05, 0.1) is 12.5 Å². The first-order valence-corrected chi connectivity index (χ1v) is 11.0. The summed E-state index contributed by atoms with van der Waals surface area (Å²) in [5.74, 6) is 0.745. The van der Waals surface area contributed by atoms with Crippen LogP contribution in [-0.2, 0) is 4.79 Å². The smallest absolute Gasteiger partial charge is 0.221 e. The van der Waals surface area contributed by atoms with Gasteiger partial charge in [-0.2, -0.15) is 0 Å². The van der Waals surface area contributed by atoms with Gasteiger partial charge in [0, 0.05) is 25.7 Å². The molecule has 30 heavy (non-hydrogen) atoms. The summed E-state index contributed by atoms with van der Waals surface area (Å²) in [7, 11) is 0. The van der Waals surface area contributed by atoms with Gasteiger partial charge in [-0.3, -0.25) is 4.79 Å². The zero-order chi connectivity index (χ0) is 21.8. The lowest BCUT2D eigenvalue weighted by Crippen LogP contribution is -2.43. The van der Waals surface area contributed by atoms with Gasteiger partial charge < -0.3 is 26.0 Å². The number of likely N-dealkylation sites (tertiary alicyclic amines) is 1. The first-order chi connectivity index (χ1) is 14.5. The summed E-state index contributed by atoms with van der Waals surface area (Å²) < 4.78 is 19.2. The van der Waals surface area contributed by atoms with Crippen molar-refractivity contribution in [1.82, 2.24) is 15.5 Å². The minimum atomic E-state index is -0.309. The number of primary amides is 1. The molecule has 2 atom stereocenters. The fourth-order valence-corrected chi connectivity index (χ4v) is 3.52. The fourth-order valence-electron chi connectivity index (χ4n) is 3.52. The number of halogens is 1. The van der Waals surface area contributed by atoms with E-state index in [1.807, 2.05) is 13.8 Å². The molecular formula is C22H36FN5O2. The highest BCUT2D eigenvalue weighted by Gasteiger charge is 2.23. The lowest BCUT2D eigenvalue weighted by molar-refractivity contribution is -0.123. The van der Waals surface area contributed by atoms with Gasteiger partial charge in [-0.25, -0.2) is 9.38 Å². The van der Waals surface area contributed by atoms with Crippen molar-refractivity contribution in [2.24, 2.45) is 16.6 Å². The number of nitrogens with zero attached hydrogens (tertiary/aromatic N) is 2. The van der Waals surface area contributed by atoms with Gasteiger partial charge in [-0.1, -0.05) is 13.0 Å². The van der Waals surface area contributed by atoms with Crippen LogP contribution < -0.4 is 21.1 Å². The molecule has 0 aliphatic carbocycles. The van der Waals surface area contributed by atoms with E-state index in [1.54, 1.807) is 12.1 Å². The van der Waals surface area contributed by atoms with E-state index in [1.165, 1.54) is 12.1 Å². The molecule has 1 aliphatic heterocycles. The van der Waals surface area contributed by atoms with Gasteiger partial charge in [0.1, 0.15) is 17.7 Å². The molecule has 0 bridgehead atoms. The quantitative estimate of drug-likeness (QED) is 0.289. The molecule has 168 valence electrons. The molecule has 8 heteroatoms. The fraction of sp³-hybridized carbons (Fsp3) is 0.636. The van der Waals surface area contributed by atoms with Gasteiger partial charge in [0.15, 0.2) is 5.96 Å². The molecule has 1 aromatic rings. The van der Waals surface area contributed by atoms with E-state index in [9.17, 15) is 9.18 Å². The highest BCUT2D eigenvalue weighted by Crippen LogP contribution is 2.16. The van der Waals surface area contributed by atoms with Crippen LogP contribution in [0, 0.1) is 11.7 Å². The molecule has 2 rings (SSSR count). The number of piperidine rings is 1. The summed E-state index contributed by atoms with van der Waals surface area (Å²) >= 11 is 0. The van der Waals surface area contributed by atoms with E-state index >= 15 is 0 Å². The van der Waals surface area contributed by atoms with Gasteiger partial charge in [-0.15, -0.1) is 0 Å². The Hall–Kier alpha value is -2.35. The zero-order valence-corrected chi connectivity index (χ0v) is 18.2. The van der Waals surface area contributed by atoms with Crippen LogP contribution in [0.1, 0.15) is 39.5 Å². The number of aliphatic imine (C=N–C) groups is 1. The van der Waals surface area contributed by atoms with Gasteiger partial charge in [-0.05, 0) is 57.8 Å². The number of amides is 1. The third-order valence-corrected chi connectivity index (χ3v) is 5.20. The highest BCUT2D eigenvalue weighted by molar-refractivity contribution is 5.79. The molecule has 1 heterocycles. The standard InChI is InChI=1S/C22H36FN5O2/c1-3-19(30-20-10-5-9-18(23)14-20)15-27-22(25-4-2)26-11-7-13-28-12-6-8-17(16-28)21(24)29/h5,9-10,14,17,19H,3-4,6-8,11-13,15-16H2,1-2H3,(H2,24,29)(H2,25,26,27). The molecule has 0 saturated carbocycles. The van der Waals surface area contributed by atoms with E-state index in [2.05, 4.69) is 20.5 Å². The summed E-state index contributed by atoms with van der Waals surface area (Å²) in [6.45, 7) is 8.79. The van der Waals surface area contributed by atoms with Crippen LogP contribution in [-0.4, -0.2) is 62.1 Å². The molecule has 0 aromatic heterocycles. The largest absolute Gasteiger partial charge is 0.488 e. The predicted octanol–water partition coefficient (Wildman–Crippen LogP) is 2.13. The topological polar surface area (TPSA) is 92.0 Å². The number of hydrogen-bond donors (Lipinski definition) is 3. The number of ether oxygens (including phenoxy) is 1. The van der Waals surface area contributed by atoms with Crippen molar-refractivity contribution < 1.29 is 13.9 Å². The molecule has 1 aliphatic rings. The Balaban J connectivity index is 1.76. The number of benzene rings is 1. The monoisotopic (exact) mass is 421 g/mol. The number of hydrogen-bond acceptors (Lipinski definition) is 4. The Labute approximate surface area is 179 Å². The van der Waals surface area contributed by atoms with Crippen molar-refractivity contribution in [3.8, 4) is 5.75 Å². The van der Waals surface area contributed by atoms with Crippen molar-refractivity contribution in [3.63, 3.8) is 0 Å². The predicted molar refractivity (Wildman–Crippen MR) is 118 cm³/mol. The van der Waals surface area contributed by atoms with E-state index in [-0.39, 0.29) is 23.7 Å². The van der Waals surface area contributed by atoms with Crippen LogP contribution in [0.3, 0.4) is 0 Å². The van der Waals surface area contributed by atoms with Crippen LogP contribution in [0.4, 0.5) is 4.39 Å². The van der Waals surface area contributed by atoms with Crippen LogP contribution in [0.25, 0.3) is 0 Å². The van der Waals surface area contributed by atoms with Gasteiger partial charge in [0.25, 0.3) is 0 Å². The highest BCUT2D eigenvalue weighted by atomic mass is 19.1. The minimum absolute atomic E-state index is 0.0188. The Morgan fingerprint density at radius 2 is 2.23 bits per heavy atom. The molecule has 1 aromatic carbocycles. The second-order valence-electron chi connectivity index (χ2n) is 7.65. The minimum Gasteiger partial charge on any atom is -0.488 e. The molecule has 1 saturated heterocycles.